The van der Waals surface area contributed by atoms with Gasteiger partial charge in [-0.05, 0) is 11.5 Å². The van der Waals surface area contributed by atoms with Crippen LogP contribution in [0, 0.1) is 5.41 Å². The lowest BCUT2D eigenvalue weighted by Gasteiger charge is -2.51. The van der Waals surface area contributed by atoms with Crippen molar-refractivity contribution >= 4 is 25.6 Å². The Bertz CT molecular complexity index is 280. The van der Waals surface area contributed by atoms with E-state index in [0.717, 1.165) is 0 Å². The molecule has 1 aliphatic heterocycles. The second-order valence-corrected chi connectivity index (χ2v) is 13.2. The van der Waals surface area contributed by atoms with E-state index >= 15 is 0 Å². The average molecular weight is 242 g/mol. The van der Waals surface area contributed by atoms with E-state index in [1.807, 2.05) is 11.8 Å². The second-order valence-electron chi connectivity index (χ2n) is 6.32. The van der Waals surface area contributed by atoms with Crippen LogP contribution in [-0.2, 0) is 4.79 Å². The second kappa shape index (κ2) is 3.77. The molecule has 1 atom stereocenters. The summed E-state index contributed by atoms with van der Waals surface area (Å²) >= 11 is 1.86. The number of carbonyl (C=O) groups excluding carboxylic acids is 1. The van der Waals surface area contributed by atoms with E-state index in [0.29, 0.717) is 5.75 Å². The van der Waals surface area contributed by atoms with E-state index in [1.54, 1.807) is 6.08 Å². The SMILES string of the molecule is CC(C)(C)C1([Si](C)(C)C)C=CC(=O)CS1. The molecule has 1 rings (SSSR count). The minimum Gasteiger partial charge on any atom is -0.294 e. The number of rotatable bonds is 1. The van der Waals surface area contributed by atoms with Crippen molar-refractivity contribution < 1.29 is 4.79 Å². The molecule has 0 amide bonds. The van der Waals surface area contributed by atoms with Crippen molar-refractivity contribution in [2.24, 2.45) is 5.41 Å². The molecule has 0 N–H and O–H groups in total. The lowest BCUT2D eigenvalue weighted by Crippen LogP contribution is -2.58. The molecule has 0 spiro atoms. The Hall–Kier alpha value is -0.0231. The van der Waals surface area contributed by atoms with Crippen molar-refractivity contribution in [1.82, 2.24) is 0 Å². The fraction of sp³-hybridized carbons (Fsp3) is 0.750. The van der Waals surface area contributed by atoms with Gasteiger partial charge in [-0.3, -0.25) is 4.79 Å². The first-order chi connectivity index (χ1) is 6.60. The number of hydrogen-bond acceptors (Lipinski definition) is 2. The van der Waals surface area contributed by atoms with Crippen LogP contribution < -0.4 is 0 Å². The van der Waals surface area contributed by atoms with Crippen LogP contribution in [0.2, 0.25) is 19.6 Å². The molecule has 86 valence electrons. The van der Waals surface area contributed by atoms with E-state index in [1.165, 1.54) is 0 Å². The predicted molar refractivity (Wildman–Crippen MR) is 72.1 cm³/mol. The van der Waals surface area contributed by atoms with Crippen molar-refractivity contribution in [3.8, 4) is 0 Å². The third-order valence-electron chi connectivity index (χ3n) is 3.17. The van der Waals surface area contributed by atoms with Gasteiger partial charge in [0.15, 0.2) is 5.78 Å². The summed E-state index contributed by atoms with van der Waals surface area (Å²) in [7, 11) is -1.35. The highest BCUT2D eigenvalue weighted by atomic mass is 32.2. The maximum absolute atomic E-state index is 11.3. The van der Waals surface area contributed by atoms with Crippen LogP contribution >= 0.6 is 11.8 Å². The van der Waals surface area contributed by atoms with Gasteiger partial charge in [-0.15, -0.1) is 11.8 Å². The molecule has 1 aliphatic rings. The minimum atomic E-state index is -1.35. The van der Waals surface area contributed by atoms with Gasteiger partial charge in [0.25, 0.3) is 0 Å². The van der Waals surface area contributed by atoms with Crippen LogP contribution in [-0.4, -0.2) is 24.0 Å². The van der Waals surface area contributed by atoms with E-state index in [-0.39, 0.29) is 15.6 Å². The third-order valence-corrected chi connectivity index (χ3v) is 10.2. The molecule has 0 saturated carbocycles. The van der Waals surface area contributed by atoms with Gasteiger partial charge < -0.3 is 0 Å². The number of thioether (sulfide) groups is 1. The fourth-order valence-corrected chi connectivity index (χ4v) is 8.39. The van der Waals surface area contributed by atoms with Gasteiger partial charge in [-0.1, -0.05) is 46.5 Å². The molecular weight excluding hydrogens is 220 g/mol. The van der Waals surface area contributed by atoms with E-state index < -0.39 is 8.07 Å². The van der Waals surface area contributed by atoms with Gasteiger partial charge in [-0.25, -0.2) is 0 Å². The zero-order chi connectivity index (χ0) is 11.9. The van der Waals surface area contributed by atoms with Crippen molar-refractivity contribution in [3.05, 3.63) is 12.2 Å². The number of ketones is 1. The largest absolute Gasteiger partial charge is 0.294 e. The number of carbonyl (C=O) groups is 1. The smallest absolute Gasteiger partial charge is 0.165 e. The number of allylic oxidation sites excluding steroid dienone is 1. The summed E-state index contributed by atoms with van der Waals surface area (Å²) in [5, 5.41) is 0. The van der Waals surface area contributed by atoms with Crippen LogP contribution in [0.1, 0.15) is 20.8 Å². The van der Waals surface area contributed by atoms with E-state index in [9.17, 15) is 4.79 Å². The summed E-state index contributed by atoms with van der Waals surface area (Å²) in [5.41, 5.74) is 0.222. The molecule has 0 radical (unpaired) electrons. The summed E-state index contributed by atoms with van der Waals surface area (Å²) in [4.78, 5) is 11.3. The third kappa shape index (κ3) is 2.23. The van der Waals surface area contributed by atoms with Crippen molar-refractivity contribution in [2.45, 2.75) is 44.8 Å². The quantitative estimate of drug-likeness (QED) is 0.654. The molecule has 3 heteroatoms. The Kier molecular flexibility index (Phi) is 3.28. The molecule has 0 aromatic rings. The Balaban J connectivity index is 3.22. The highest BCUT2D eigenvalue weighted by molar-refractivity contribution is 8.03. The Labute approximate surface area is 98.7 Å². The Morgan fingerprint density at radius 2 is 1.87 bits per heavy atom. The monoisotopic (exact) mass is 242 g/mol. The molecule has 0 aromatic carbocycles. The van der Waals surface area contributed by atoms with Gasteiger partial charge >= 0.3 is 0 Å². The molecule has 1 heterocycles. The first-order valence-corrected chi connectivity index (χ1v) is 9.95. The molecule has 1 unspecified atom stereocenters. The van der Waals surface area contributed by atoms with Crippen LogP contribution in [0.15, 0.2) is 12.2 Å². The summed E-state index contributed by atoms with van der Waals surface area (Å²) < 4.78 is 0.188. The molecular formula is C12H22OSSi. The van der Waals surface area contributed by atoms with Gasteiger partial charge in [0.1, 0.15) is 0 Å². The molecule has 15 heavy (non-hydrogen) atoms. The maximum atomic E-state index is 11.3. The first-order valence-electron chi connectivity index (χ1n) is 5.46. The standard InChI is InChI=1S/C12H22OSSi/c1-11(2,3)12(15(4,5)6)8-7-10(13)9-14-12/h7-8H,9H2,1-6H3. The Morgan fingerprint density at radius 1 is 1.33 bits per heavy atom. The summed E-state index contributed by atoms with van der Waals surface area (Å²) in [5.74, 6) is 0.913. The fourth-order valence-electron chi connectivity index (χ4n) is 2.55. The van der Waals surface area contributed by atoms with Crippen molar-refractivity contribution in [3.63, 3.8) is 0 Å². The zero-order valence-electron chi connectivity index (χ0n) is 10.7. The van der Waals surface area contributed by atoms with E-state index in [4.69, 9.17) is 0 Å². The van der Waals surface area contributed by atoms with Gasteiger partial charge in [0.2, 0.25) is 0 Å². The number of hydrogen-bond donors (Lipinski definition) is 0. The van der Waals surface area contributed by atoms with Crippen LogP contribution in [0.4, 0.5) is 0 Å². The Morgan fingerprint density at radius 3 is 2.13 bits per heavy atom. The normalized spacial score (nSPS) is 28.3. The van der Waals surface area contributed by atoms with Crippen LogP contribution in [0.3, 0.4) is 0 Å². The maximum Gasteiger partial charge on any atom is 0.165 e. The first kappa shape index (κ1) is 13.0. The summed E-state index contributed by atoms with van der Waals surface area (Å²) in [6.45, 7) is 14.1. The summed E-state index contributed by atoms with van der Waals surface area (Å²) in [6, 6.07) is 0. The van der Waals surface area contributed by atoms with Crippen molar-refractivity contribution in [2.75, 3.05) is 5.75 Å². The lowest BCUT2D eigenvalue weighted by molar-refractivity contribution is -0.112. The minimum absolute atomic E-state index is 0.188. The van der Waals surface area contributed by atoms with Gasteiger partial charge in [-0.2, -0.15) is 0 Å². The molecule has 1 nitrogen and oxygen atoms in total. The van der Waals surface area contributed by atoms with Gasteiger partial charge in [0.05, 0.1) is 13.8 Å². The molecule has 0 bridgehead atoms. The topological polar surface area (TPSA) is 17.1 Å². The molecule has 0 saturated heterocycles. The lowest BCUT2D eigenvalue weighted by atomic mass is 9.90. The molecule has 0 aromatic heterocycles. The highest BCUT2D eigenvalue weighted by Gasteiger charge is 2.51. The van der Waals surface area contributed by atoms with Gasteiger partial charge in [0, 0.05) is 4.37 Å². The summed E-state index contributed by atoms with van der Waals surface area (Å²) in [6.07, 6.45) is 4.00. The molecule has 0 aliphatic carbocycles. The molecule has 0 fully saturated rings. The highest BCUT2D eigenvalue weighted by Crippen LogP contribution is 2.50. The predicted octanol–water partition coefficient (Wildman–Crippen LogP) is 3.52. The van der Waals surface area contributed by atoms with E-state index in [2.05, 4.69) is 46.5 Å². The van der Waals surface area contributed by atoms with Crippen LogP contribution in [0.25, 0.3) is 0 Å². The van der Waals surface area contributed by atoms with Crippen molar-refractivity contribution in [1.29, 1.82) is 0 Å². The van der Waals surface area contributed by atoms with Crippen LogP contribution in [0.5, 0.6) is 0 Å². The zero-order valence-corrected chi connectivity index (χ0v) is 12.5. The average Bonchev–Trinajstić information content (AvgIpc) is 2.00.